The van der Waals surface area contributed by atoms with E-state index in [0.29, 0.717) is 0 Å². The van der Waals surface area contributed by atoms with E-state index in [1.807, 2.05) is 0 Å². The first-order valence-electron chi connectivity index (χ1n) is 8.69. The summed E-state index contributed by atoms with van der Waals surface area (Å²) >= 11 is 0.851. The SMILES string of the molecule is O=C(CSc1nc(CC(=O)NC2CC2)cc(=O)[nH]1)Nc1ccccc1C(F)(F)F. The maximum Gasteiger partial charge on any atom is 0.418 e. The van der Waals surface area contributed by atoms with Crippen molar-refractivity contribution in [3.8, 4) is 0 Å². The number of H-pyrrole nitrogens is 1. The first kappa shape index (κ1) is 20.9. The molecule has 0 atom stereocenters. The molecule has 0 saturated heterocycles. The van der Waals surface area contributed by atoms with Crippen molar-refractivity contribution in [2.45, 2.75) is 36.6 Å². The zero-order valence-corrected chi connectivity index (χ0v) is 15.8. The van der Waals surface area contributed by atoms with Crippen molar-refractivity contribution in [1.82, 2.24) is 15.3 Å². The highest BCUT2D eigenvalue weighted by molar-refractivity contribution is 7.99. The van der Waals surface area contributed by atoms with E-state index in [9.17, 15) is 27.6 Å². The van der Waals surface area contributed by atoms with E-state index in [1.165, 1.54) is 18.2 Å². The first-order valence-corrected chi connectivity index (χ1v) is 9.68. The summed E-state index contributed by atoms with van der Waals surface area (Å²) in [6, 6.07) is 6.01. The lowest BCUT2D eigenvalue weighted by Gasteiger charge is -2.13. The third-order valence-corrected chi connectivity index (χ3v) is 4.78. The minimum absolute atomic E-state index is 0.0703. The largest absolute Gasteiger partial charge is 0.418 e. The number of amides is 2. The number of benzene rings is 1. The van der Waals surface area contributed by atoms with Crippen molar-refractivity contribution in [2.75, 3.05) is 11.1 Å². The van der Waals surface area contributed by atoms with Gasteiger partial charge in [0.1, 0.15) is 0 Å². The molecule has 1 fully saturated rings. The Morgan fingerprint density at radius 3 is 2.62 bits per heavy atom. The van der Waals surface area contributed by atoms with Gasteiger partial charge in [0.25, 0.3) is 5.56 Å². The standard InChI is InChI=1S/C18H17F3N4O3S/c19-18(20,21)12-3-1-2-4-13(12)24-16(28)9-29-17-23-11(8-15(27)25-17)7-14(26)22-10-5-6-10/h1-4,8,10H,5-7,9H2,(H,22,26)(H,24,28)(H,23,25,27). The van der Waals surface area contributed by atoms with Crippen molar-refractivity contribution >= 4 is 29.3 Å². The number of para-hydroxylation sites is 1. The Kier molecular flexibility index (Phi) is 6.26. The second kappa shape index (κ2) is 8.68. The van der Waals surface area contributed by atoms with Crippen LogP contribution in [0.1, 0.15) is 24.1 Å². The lowest BCUT2D eigenvalue weighted by molar-refractivity contribution is -0.137. The maximum atomic E-state index is 13.0. The van der Waals surface area contributed by atoms with Crippen LogP contribution in [0.2, 0.25) is 0 Å². The summed E-state index contributed by atoms with van der Waals surface area (Å²) in [6.45, 7) is 0. The van der Waals surface area contributed by atoms with Gasteiger partial charge in [-0.25, -0.2) is 4.98 Å². The molecule has 11 heteroatoms. The van der Waals surface area contributed by atoms with Crippen molar-refractivity contribution in [3.05, 3.63) is 51.9 Å². The van der Waals surface area contributed by atoms with E-state index >= 15 is 0 Å². The Labute approximate surface area is 167 Å². The number of aromatic amines is 1. The van der Waals surface area contributed by atoms with Gasteiger partial charge in [0.15, 0.2) is 5.16 Å². The number of nitrogens with one attached hydrogen (secondary N) is 3. The summed E-state index contributed by atoms with van der Waals surface area (Å²) in [4.78, 5) is 42.2. The highest BCUT2D eigenvalue weighted by Gasteiger charge is 2.33. The molecule has 1 aromatic carbocycles. The molecule has 1 heterocycles. The maximum absolute atomic E-state index is 13.0. The van der Waals surface area contributed by atoms with Gasteiger partial charge in [-0.3, -0.25) is 14.4 Å². The minimum Gasteiger partial charge on any atom is -0.353 e. The Hall–Kier alpha value is -2.82. The number of hydrogen-bond donors (Lipinski definition) is 3. The second-order valence-electron chi connectivity index (χ2n) is 6.44. The molecule has 1 saturated carbocycles. The van der Waals surface area contributed by atoms with Crippen molar-refractivity contribution < 1.29 is 22.8 Å². The Morgan fingerprint density at radius 1 is 1.21 bits per heavy atom. The van der Waals surface area contributed by atoms with Crippen LogP contribution < -0.4 is 16.2 Å². The molecule has 1 aromatic heterocycles. The van der Waals surface area contributed by atoms with Gasteiger partial charge in [0, 0.05) is 12.1 Å². The average Bonchev–Trinajstić information content (AvgIpc) is 3.43. The fourth-order valence-electron chi connectivity index (χ4n) is 2.47. The van der Waals surface area contributed by atoms with Gasteiger partial charge in [0.05, 0.1) is 29.1 Å². The fraction of sp³-hybridized carbons (Fsp3) is 0.333. The molecule has 2 aromatic rings. The molecule has 0 aliphatic heterocycles. The molecule has 1 aliphatic rings. The van der Waals surface area contributed by atoms with Gasteiger partial charge in [-0.1, -0.05) is 23.9 Å². The number of carbonyl (C=O) groups excluding carboxylic acids is 2. The van der Waals surface area contributed by atoms with Crippen LogP contribution in [-0.4, -0.2) is 33.6 Å². The molecule has 3 N–H and O–H groups in total. The van der Waals surface area contributed by atoms with Gasteiger partial charge < -0.3 is 15.6 Å². The summed E-state index contributed by atoms with van der Waals surface area (Å²) in [5, 5.41) is 5.10. The van der Waals surface area contributed by atoms with Gasteiger partial charge in [0.2, 0.25) is 11.8 Å². The zero-order valence-electron chi connectivity index (χ0n) is 15.0. The first-order chi connectivity index (χ1) is 13.7. The Morgan fingerprint density at radius 2 is 1.93 bits per heavy atom. The normalized spacial score (nSPS) is 13.8. The van der Waals surface area contributed by atoms with Gasteiger partial charge >= 0.3 is 6.18 Å². The van der Waals surface area contributed by atoms with Crippen LogP contribution in [0.15, 0.2) is 40.3 Å². The van der Waals surface area contributed by atoms with E-state index in [2.05, 4.69) is 20.6 Å². The number of nitrogens with zero attached hydrogens (tertiary/aromatic N) is 1. The van der Waals surface area contributed by atoms with Gasteiger partial charge in [-0.15, -0.1) is 0 Å². The number of alkyl halides is 3. The monoisotopic (exact) mass is 426 g/mol. The number of anilines is 1. The molecular weight excluding hydrogens is 409 g/mol. The lowest BCUT2D eigenvalue weighted by Crippen LogP contribution is -2.28. The molecule has 0 bridgehead atoms. The smallest absolute Gasteiger partial charge is 0.353 e. The van der Waals surface area contributed by atoms with E-state index in [1.54, 1.807) is 0 Å². The molecule has 2 amide bonds. The average molecular weight is 426 g/mol. The molecule has 7 nitrogen and oxygen atoms in total. The molecule has 0 unspecified atom stereocenters. The highest BCUT2D eigenvalue weighted by atomic mass is 32.2. The number of thioether (sulfide) groups is 1. The van der Waals surface area contributed by atoms with E-state index in [-0.39, 0.29) is 40.7 Å². The number of hydrogen-bond acceptors (Lipinski definition) is 5. The number of halogens is 3. The van der Waals surface area contributed by atoms with Gasteiger partial charge in [-0.05, 0) is 25.0 Å². The number of carbonyl (C=O) groups is 2. The third-order valence-electron chi connectivity index (χ3n) is 3.90. The summed E-state index contributed by atoms with van der Waals surface area (Å²) in [7, 11) is 0. The third kappa shape index (κ3) is 6.34. The Balaban J connectivity index is 1.60. The van der Waals surface area contributed by atoms with Crippen LogP contribution >= 0.6 is 11.8 Å². The summed E-state index contributed by atoms with van der Waals surface area (Å²) in [5.41, 5.74) is -1.54. The van der Waals surface area contributed by atoms with Crippen LogP contribution in [0.5, 0.6) is 0 Å². The van der Waals surface area contributed by atoms with E-state index in [4.69, 9.17) is 0 Å². The summed E-state index contributed by atoms with van der Waals surface area (Å²) < 4.78 is 39.0. The van der Waals surface area contributed by atoms with E-state index in [0.717, 1.165) is 36.7 Å². The minimum atomic E-state index is -4.60. The molecule has 0 spiro atoms. The molecule has 29 heavy (non-hydrogen) atoms. The van der Waals surface area contributed by atoms with Gasteiger partial charge in [-0.2, -0.15) is 13.2 Å². The fourth-order valence-corrected chi connectivity index (χ4v) is 3.17. The topological polar surface area (TPSA) is 104 Å². The van der Waals surface area contributed by atoms with E-state index < -0.39 is 23.2 Å². The predicted octanol–water partition coefficient (Wildman–Crippen LogP) is 2.34. The molecule has 0 radical (unpaired) electrons. The van der Waals surface area contributed by atoms with Crippen LogP contribution in [0.4, 0.5) is 18.9 Å². The Bertz CT molecular complexity index is 973. The molecular formula is C18H17F3N4O3S. The van der Waals surface area contributed by atoms with Crippen molar-refractivity contribution in [1.29, 1.82) is 0 Å². The molecule has 154 valence electrons. The highest BCUT2D eigenvalue weighted by Crippen LogP contribution is 2.34. The summed E-state index contributed by atoms with van der Waals surface area (Å²) in [6.07, 6.45) is -2.80. The van der Waals surface area contributed by atoms with Crippen molar-refractivity contribution in [3.63, 3.8) is 0 Å². The van der Waals surface area contributed by atoms with Crippen LogP contribution in [0.25, 0.3) is 0 Å². The van der Waals surface area contributed by atoms with Crippen LogP contribution in [-0.2, 0) is 22.2 Å². The molecule has 1 aliphatic carbocycles. The zero-order chi connectivity index (χ0) is 21.0. The van der Waals surface area contributed by atoms with Crippen LogP contribution in [0.3, 0.4) is 0 Å². The lowest BCUT2D eigenvalue weighted by atomic mass is 10.1. The second-order valence-corrected chi connectivity index (χ2v) is 7.40. The van der Waals surface area contributed by atoms with Crippen molar-refractivity contribution in [2.24, 2.45) is 0 Å². The number of rotatable bonds is 7. The number of aromatic nitrogens is 2. The van der Waals surface area contributed by atoms with Crippen LogP contribution in [0, 0.1) is 0 Å². The summed E-state index contributed by atoms with van der Waals surface area (Å²) in [5.74, 6) is -1.21. The predicted molar refractivity (Wildman–Crippen MR) is 101 cm³/mol. The quantitative estimate of drug-likeness (QED) is 0.466. The molecule has 3 rings (SSSR count).